The molecule has 4 rings (SSSR count). The van der Waals surface area contributed by atoms with Gasteiger partial charge >= 0.3 is 5.97 Å². The molecule has 1 fully saturated rings. The van der Waals surface area contributed by atoms with Gasteiger partial charge in [-0.25, -0.2) is 22.6 Å². The molecule has 1 saturated carbocycles. The summed E-state index contributed by atoms with van der Waals surface area (Å²) < 4.78 is 52.4. The number of halogens is 4. The monoisotopic (exact) mass is 482 g/mol. The highest BCUT2D eigenvalue weighted by atomic mass is 35.5. The number of aromatic nitrogens is 4. The number of carbonyl (C=O) groups excluding carboxylic acids is 1. The van der Waals surface area contributed by atoms with E-state index in [4.69, 9.17) is 20.9 Å². The van der Waals surface area contributed by atoms with Crippen LogP contribution in [-0.4, -0.2) is 31.5 Å². The summed E-state index contributed by atoms with van der Waals surface area (Å²) in [5.41, 5.74) is -1.24. The molecule has 0 saturated heterocycles. The van der Waals surface area contributed by atoms with Crippen LogP contribution in [0.2, 0.25) is 5.02 Å². The average molecular weight is 483 g/mol. The van der Waals surface area contributed by atoms with Crippen molar-refractivity contribution in [2.24, 2.45) is 0 Å². The molecule has 2 heterocycles. The third kappa shape index (κ3) is 4.48. The molecule has 0 spiro atoms. The van der Waals surface area contributed by atoms with Gasteiger partial charge in [-0.2, -0.15) is 10.1 Å². The maximum absolute atomic E-state index is 13.7. The van der Waals surface area contributed by atoms with Gasteiger partial charge in [0.25, 0.3) is 12.3 Å². The smallest absolute Gasteiger partial charge is 0.331 e. The van der Waals surface area contributed by atoms with E-state index in [9.17, 15) is 18.0 Å². The maximum atomic E-state index is 13.7. The Bertz CT molecular complexity index is 1200. The number of esters is 1. The zero-order valence-electron chi connectivity index (χ0n) is 18.4. The quantitative estimate of drug-likeness (QED) is 0.422. The minimum atomic E-state index is -2.90. The largest absolute Gasteiger partial charge is 0.458 e. The standard InChI is InChI=1S/C22H22ClF3N4O3/c1-11(19(31)32-21(2,3)4)30-16(17(25)26)10-15(28-30)18-27-20(29-33-18)22(7-8-22)13-6-5-12(24)9-14(13)23/h5-6,9-11,17H,7-8H2,1-4H3. The molecule has 1 unspecified atom stereocenters. The lowest BCUT2D eigenvalue weighted by Gasteiger charge is -2.23. The minimum Gasteiger partial charge on any atom is -0.458 e. The first-order valence-electron chi connectivity index (χ1n) is 10.3. The Morgan fingerprint density at radius 1 is 1.27 bits per heavy atom. The zero-order valence-corrected chi connectivity index (χ0v) is 19.2. The summed E-state index contributed by atoms with van der Waals surface area (Å²) in [5, 5.41) is 8.39. The number of hydrogen-bond acceptors (Lipinski definition) is 6. The fourth-order valence-corrected chi connectivity index (χ4v) is 3.96. The number of rotatable bonds is 6. The van der Waals surface area contributed by atoms with Crippen LogP contribution in [0, 0.1) is 5.82 Å². The third-order valence-electron chi connectivity index (χ3n) is 5.37. The van der Waals surface area contributed by atoms with Crippen molar-refractivity contribution in [1.29, 1.82) is 0 Å². The Hall–Kier alpha value is -2.88. The number of hydrogen-bond donors (Lipinski definition) is 0. The van der Waals surface area contributed by atoms with Crippen molar-refractivity contribution in [3.05, 3.63) is 52.2 Å². The van der Waals surface area contributed by atoms with Crippen LogP contribution in [0.25, 0.3) is 11.6 Å². The first-order chi connectivity index (χ1) is 15.4. The van der Waals surface area contributed by atoms with E-state index in [0.717, 1.165) is 10.7 Å². The van der Waals surface area contributed by atoms with Crippen LogP contribution in [0.4, 0.5) is 13.2 Å². The minimum absolute atomic E-state index is 0.000428. The van der Waals surface area contributed by atoms with Gasteiger partial charge in [0.1, 0.15) is 23.2 Å². The van der Waals surface area contributed by atoms with E-state index >= 15 is 0 Å². The normalized spacial score (nSPS) is 16.2. The van der Waals surface area contributed by atoms with Gasteiger partial charge in [0.05, 0.1) is 5.41 Å². The maximum Gasteiger partial charge on any atom is 0.331 e. The Balaban J connectivity index is 1.66. The molecule has 1 atom stereocenters. The molecule has 176 valence electrons. The molecule has 0 radical (unpaired) electrons. The lowest BCUT2D eigenvalue weighted by atomic mass is 9.95. The van der Waals surface area contributed by atoms with E-state index in [-0.39, 0.29) is 16.6 Å². The predicted molar refractivity (Wildman–Crippen MR) is 112 cm³/mol. The van der Waals surface area contributed by atoms with Gasteiger partial charge in [-0.15, -0.1) is 0 Å². The second kappa shape index (κ2) is 8.16. The summed E-state index contributed by atoms with van der Waals surface area (Å²) in [6, 6.07) is 4.10. The van der Waals surface area contributed by atoms with Gasteiger partial charge in [0.15, 0.2) is 11.5 Å². The molecule has 33 heavy (non-hydrogen) atoms. The van der Waals surface area contributed by atoms with E-state index in [1.807, 2.05) is 0 Å². The Kier molecular flexibility index (Phi) is 5.76. The number of benzene rings is 1. The van der Waals surface area contributed by atoms with Crippen LogP contribution in [0.15, 0.2) is 28.8 Å². The molecular weight excluding hydrogens is 461 g/mol. The second-order valence-electron chi connectivity index (χ2n) is 9.04. The summed E-state index contributed by atoms with van der Waals surface area (Å²) in [6.07, 6.45) is -1.56. The second-order valence-corrected chi connectivity index (χ2v) is 9.45. The molecule has 2 aromatic heterocycles. The Labute approximate surface area is 192 Å². The lowest BCUT2D eigenvalue weighted by Crippen LogP contribution is -2.30. The summed E-state index contributed by atoms with van der Waals surface area (Å²) in [7, 11) is 0. The average Bonchev–Trinajstić information content (AvgIpc) is 3.15. The van der Waals surface area contributed by atoms with Crippen molar-refractivity contribution in [3.8, 4) is 11.6 Å². The molecule has 1 aliphatic carbocycles. The van der Waals surface area contributed by atoms with Crippen LogP contribution in [0.3, 0.4) is 0 Å². The number of carbonyl (C=O) groups is 1. The molecule has 0 amide bonds. The fraction of sp³-hybridized carbons (Fsp3) is 0.455. The van der Waals surface area contributed by atoms with Crippen LogP contribution in [-0.2, 0) is 14.9 Å². The SMILES string of the molecule is CC(C(=O)OC(C)(C)C)n1nc(-c2nc(C3(c4ccc(F)cc4Cl)CC3)no2)cc1C(F)F. The van der Waals surface area contributed by atoms with E-state index in [2.05, 4.69) is 15.2 Å². The first kappa shape index (κ1) is 23.3. The van der Waals surface area contributed by atoms with Crippen molar-refractivity contribution < 1.29 is 27.2 Å². The molecule has 1 aliphatic rings. The summed E-state index contributed by atoms with van der Waals surface area (Å²) in [5.74, 6) is -0.934. The molecule has 0 bridgehead atoms. The van der Waals surface area contributed by atoms with Crippen molar-refractivity contribution >= 4 is 17.6 Å². The highest BCUT2D eigenvalue weighted by molar-refractivity contribution is 6.31. The first-order valence-corrected chi connectivity index (χ1v) is 10.7. The van der Waals surface area contributed by atoms with Crippen molar-refractivity contribution in [3.63, 3.8) is 0 Å². The molecule has 0 aliphatic heterocycles. The van der Waals surface area contributed by atoms with Gasteiger partial charge in [-0.1, -0.05) is 22.8 Å². The molecule has 11 heteroatoms. The summed E-state index contributed by atoms with van der Waals surface area (Å²) in [4.78, 5) is 16.8. The molecular formula is C22H22ClF3N4O3. The van der Waals surface area contributed by atoms with Crippen molar-refractivity contribution in [2.75, 3.05) is 0 Å². The summed E-state index contributed by atoms with van der Waals surface area (Å²) in [6.45, 7) is 6.47. The van der Waals surface area contributed by atoms with E-state index in [1.54, 1.807) is 26.8 Å². The number of nitrogens with zero attached hydrogens (tertiary/aromatic N) is 4. The van der Waals surface area contributed by atoms with Crippen LogP contribution >= 0.6 is 11.6 Å². The van der Waals surface area contributed by atoms with Crippen LogP contribution < -0.4 is 0 Å². The highest BCUT2D eigenvalue weighted by Crippen LogP contribution is 2.54. The fourth-order valence-electron chi connectivity index (χ4n) is 3.61. The Morgan fingerprint density at radius 3 is 2.55 bits per heavy atom. The van der Waals surface area contributed by atoms with Crippen LogP contribution in [0.1, 0.15) is 70.1 Å². The molecule has 1 aromatic carbocycles. The van der Waals surface area contributed by atoms with Gasteiger partial charge < -0.3 is 9.26 Å². The molecule has 0 N–H and O–H groups in total. The number of ether oxygens (including phenoxy) is 1. The highest BCUT2D eigenvalue weighted by Gasteiger charge is 2.51. The van der Waals surface area contributed by atoms with Gasteiger partial charge in [0, 0.05) is 5.02 Å². The van der Waals surface area contributed by atoms with Gasteiger partial charge in [-0.05, 0) is 64.3 Å². The zero-order chi connectivity index (χ0) is 24.1. The molecule has 3 aromatic rings. The number of alkyl halides is 2. The van der Waals surface area contributed by atoms with Crippen molar-refractivity contribution in [1.82, 2.24) is 19.9 Å². The third-order valence-corrected chi connectivity index (χ3v) is 5.69. The predicted octanol–water partition coefficient (Wildman–Crippen LogP) is 5.65. The lowest BCUT2D eigenvalue weighted by molar-refractivity contribution is -0.158. The van der Waals surface area contributed by atoms with Crippen LogP contribution in [0.5, 0.6) is 0 Å². The van der Waals surface area contributed by atoms with Crippen molar-refractivity contribution in [2.45, 2.75) is 64.0 Å². The van der Waals surface area contributed by atoms with Gasteiger partial charge in [0.2, 0.25) is 0 Å². The van der Waals surface area contributed by atoms with Gasteiger partial charge in [-0.3, -0.25) is 0 Å². The van der Waals surface area contributed by atoms with E-state index in [0.29, 0.717) is 24.2 Å². The molecule has 7 nitrogen and oxygen atoms in total. The summed E-state index contributed by atoms with van der Waals surface area (Å²) >= 11 is 6.23. The topological polar surface area (TPSA) is 83.0 Å². The van der Waals surface area contributed by atoms with E-state index in [1.165, 1.54) is 19.1 Å². The Morgan fingerprint density at radius 2 is 1.97 bits per heavy atom. The van der Waals surface area contributed by atoms with E-state index < -0.39 is 41.0 Å².